The van der Waals surface area contributed by atoms with Crippen molar-refractivity contribution in [2.45, 2.75) is 32.6 Å². The number of fused-ring (bicyclic) bond motifs is 1. The van der Waals surface area contributed by atoms with Gasteiger partial charge < -0.3 is 0 Å². The van der Waals surface area contributed by atoms with Gasteiger partial charge in [-0.25, -0.2) is 4.79 Å². The van der Waals surface area contributed by atoms with Gasteiger partial charge in [0.1, 0.15) is 0 Å². The highest BCUT2D eigenvalue weighted by Gasteiger charge is 2.17. The highest BCUT2D eigenvalue weighted by Crippen LogP contribution is 2.39. The average molecular weight is 193 g/mol. The maximum atomic E-state index is 10.2. The molecule has 68 valence electrons. The predicted octanol–water partition coefficient (Wildman–Crippen LogP) is 2.90. The van der Waals surface area contributed by atoms with Crippen molar-refractivity contribution in [1.29, 1.82) is 0 Å². The van der Waals surface area contributed by atoms with E-state index in [0.29, 0.717) is 0 Å². The third-order valence-corrected chi connectivity index (χ3v) is 3.67. The zero-order chi connectivity index (χ0) is 9.26. The van der Waals surface area contributed by atoms with Gasteiger partial charge in [-0.2, -0.15) is 4.99 Å². The van der Waals surface area contributed by atoms with E-state index in [1.54, 1.807) is 17.4 Å². The van der Waals surface area contributed by atoms with Crippen LogP contribution in [0.15, 0.2) is 4.99 Å². The van der Waals surface area contributed by atoms with Crippen LogP contribution in [0.3, 0.4) is 0 Å². The maximum Gasteiger partial charge on any atom is 0.240 e. The number of aryl methyl sites for hydroxylation is 2. The molecule has 0 bridgehead atoms. The van der Waals surface area contributed by atoms with Gasteiger partial charge in [-0.05, 0) is 38.2 Å². The van der Waals surface area contributed by atoms with Crippen LogP contribution in [-0.2, 0) is 17.6 Å². The molecule has 0 atom stereocenters. The lowest BCUT2D eigenvalue weighted by molar-refractivity contribution is 0.565. The number of aliphatic imine (C=N–C) groups is 1. The molecule has 0 saturated heterocycles. The van der Waals surface area contributed by atoms with Gasteiger partial charge in [0.2, 0.25) is 6.08 Å². The molecule has 0 amide bonds. The lowest BCUT2D eigenvalue weighted by Crippen LogP contribution is -1.97. The lowest BCUT2D eigenvalue weighted by atomic mass is 9.98. The van der Waals surface area contributed by atoms with Gasteiger partial charge in [0.25, 0.3) is 0 Å². The second kappa shape index (κ2) is 3.44. The Morgan fingerprint density at radius 3 is 2.92 bits per heavy atom. The predicted molar refractivity (Wildman–Crippen MR) is 53.5 cm³/mol. The Bertz CT molecular complexity index is 375. The summed E-state index contributed by atoms with van der Waals surface area (Å²) in [5.41, 5.74) is 2.20. The third-order valence-electron chi connectivity index (χ3n) is 2.47. The number of thiophene rings is 1. The van der Waals surface area contributed by atoms with Crippen molar-refractivity contribution in [3.8, 4) is 0 Å². The zero-order valence-electron chi connectivity index (χ0n) is 7.59. The van der Waals surface area contributed by atoms with Gasteiger partial charge in [0, 0.05) is 9.75 Å². The van der Waals surface area contributed by atoms with E-state index in [2.05, 4.69) is 4.99 Å². The fraction of sp³-hybridized carbons (Fsp3) is 0.500. The van der Waals surface area contributed by atoms with Crippen LogP contribution in [-0.4, -0.2) is 6.08 Å². The monoisotopic (exact) mass is 193 g/mol. The quantitative estimate of drug-likeness (QED) is 0.498. The second-order valence-electron chi connectivity index (χ2n) is 3.32. The third kappa shape index (κ3) is 1.45. The Hall–Kier alpha value is -0.920. The Labute approximate surface area is 81.3 Å². The first-order valence-electron chi connectivity index (χ1n) is 4.52. The molecule has 2 nitrogen and oxygen atoms in total. The first kappa shape index (κ1) is 8.67. The molecular formula is C10H11NOS. The highest BCUT2D eigenvalue weighted by molar-refractivity contribution is 7.12. The van der Waals surface area contributed by atoms with Crippen LogP contribution in [0.1, 0.15) is 28.2 Å². The van der Waals surface area contributed by atoms with Gasteiger partial charge >= 0.3 is 0 Å². The van der Waals surface area contributed by atoms with Crippen molar-refractivity contribution >= 4 is 23.1 Å². The van der Waals surface area contributed by atoms with Crippen LogP contribution in [0.5, 0.6) is 0 Å². The van der Waals surface area contributed by atoms with Gasteiger partial charge in [-0.15, -0.1) is 11.3 Å². The molecule has 0 unspecified atom stereocenters. The summed E-state index contributed by atoms with van der Waals surface area (Å²) < 4.78 is 0. The van der Waals surface area contributed by atoms with E-state index in [9.17, 15) is 4.79 Å². The molecule has 1 heterocycles. The minimum absolute atomic E-state index is 0.898. The molecule has 1 aliphatic carbocycles. The zero-order valence-corrected chi connectivity index (χ0v) is 8.41. The summed E-state index contributed by atoms with van der Waals surface area (Å²) in [5.74, 6) is 0. The first-order valence-corrected chi connectivity index (χ1v) is 5.33. The van der Waals surface area contributed by atoms with Crippen molar-refractivity contribution < 1.29 is 4.79 Å². The van der Waals surface area contributed by atoms with Gasteiger partial charge in [-0.3, -0.25) is 0 Å². The minimum Gasteiger partial charge on any atom is -0.211 e. The Kier molecular flexibility index (Phi) is 2.30. The lowest BCUT2D eigenvalue weighted by Gasteiger charge is -2.09. The van der Waals surface area contributed by atoms with Crippen LogP contribution in [0.4, 0.5) is 5.69 Å². The number of carbonyl (C=O) groups excluding carboxylic acids is 1. The van der Waals surface area contributed by atoms with Crippen molar-refractivity contribution in [3.63, 3.8) is 0 Å². The number of hydrogen-bond acceptors (Lipinski definition) is 3. The molecule has 1 aromatic heterocycles. The summed E-state index contributed by atoms with van der Waals surface area (Å²) in [5, 5.41) is 0. The molecule has 1 aliphatic rings. The van der Waals surface area contributed by atoms with Crippen LogP contribution in [0, 0.1) is 6.92 Å². The SMILES string of the molecule is Cc1sc2c(c1N=C=O)CCCC2. The molecule has 0 radical (unpaired) electrons. The van der Waals surface area contributed by atoms with Crippen molar-refractivity contribution in [2.24, 2.45) is 4.99 Å². The number of isocyanates is 1. The largest absolute Gasteiger partial charge is 0.240 e. The van der Waals surface area contributed by atoms with Crippen molar-refractivity contribution in [1.82, 2.24) is 0 Å². The van der Waals surface area contributed by atoms with Crippen molar-refractivity contribution in [2.75, 3.05) is 0 Å². The topological polar surface area (TPSA) is 29.4 Å². The fourth-order valence-corrected chi connectivity index (χ4v) is 3.08. The summed E-state index contributed by atoms with van der Waals surface area (Å²) in [6, 6.07) is 0. The molecule has 1 aromatic rings. The van der Waals surface area contributed by atoms with E-state index in [-0.39, 0.29) is 0 Å². The number of rotatable bonds is 1. The molecule has 0 spiro atoms. The molecule has 0 N–H and O–H groups in total. The van der Waals surface area contributed by atoms with Gasteiger partial charge in [-0.1, -0.05) is 0 Å². The van der Waals surface area contributed by atoms with E-state index in [0.717, 1.165) is 23.4 Å². The van der Waals surface area contributed by atoms with Crippen LogP contribution < -0.4 is 0 Å². The van der Waals surface area contributed by atoms with Gasteiger partial charge in [0.05, 0.1) is 5.69 Å². The maximum absolute atomic E-state index is 10.2. The normalized spacial score (nSPS) is 14.8. The summed E-state index contributed by atoms with van der Waals surface area (Å²) in [6.07, 6.45) is 6.39. The van der Waals surface area contributed by atoms with Crippen LogP contribution in [0.25, 0.3) is 0 Å². The molecule has 13 heavy (non-hydrogen) atoms. The van der Waals surface area contributed by atoms with Crippen molar-refractivity contribution in [3.05, 3.63) is 15.3 Å². The summed E-state index contributed by atoms with van der Waals surface area (Å²) in [6.45, 7) is 2.03. The van der Waals surface area contributed by atoms with Crippen LogP contribution in [0.2, 0.25) is 0 Å². The van der Waals surface area contributed by atoms with Gasteiger partial charge in [0.15, 0.2) is 0 Å². The molecule has 3 heteroatoms. The number of nitrogens with zero attached hydrogens (tertiary/aromatic N) is 1. The highest BCUT2D eigenvalue weighted by atomic mass is 32.1. The molecule has 0 fully saturated rings. The smallest absolute Gasteiger partial charge is 0.211 e. The van der Waals surface area contributed by atoms with Crippen LogP contribution >= 0.6 is 11.3 Å². The minimum atomic E-state index is 0.898. The summed E-state index contributed by atoms with van der Waals surface area (Å²) in [7, 11) is 0. The summed E-state index contributed by atoms with van der Waals surface area (Å²) in [4.78, 5) is 16.6. The number of hydrogen-bond donors (Lipinski definition) is 0. The average Bonchev–Trinajstić information content (AvgIpc) is 2.44. The Morgan fingerprint density at radius 1 is 1.38 bits per heavy atom. The molecular weight excluding hydrogens is 182 g/mol. The summed E-state index contributed by atoms with van der Waals surface area (Å²) >= 11 is 1.78. The first-order chi connectivity index (χ1) is 6.33. The van der Waals surface area contributed by atoms with E-state index >= 15 is 0 Å². The molecule has 2 rings (SSSR count). The van der Waals surface area contributed by atoms with E-state index in [4.69, 9.17) is 0 Å². The molecule has 0 aromatic carbocycles. The fourth-order valence-electron chi connectivity index (χ4n) is 1.88. The Balaban J connectivity index is 2.54. The molecule has 0 aliphatic heterocycles. The second-order valence-corrected chi connectivity index (χ2v) is 4.63. The van der Waals surface area contributed by atoms with E-state index in [1.165, 1.54) is 23.3 Å². The van der Waals surface area contributed by atoms with E-state index < -0.39 is 0 Å². The van der Waals surface area contributed by atoms with E-state index in [1.807, 2.05) is 6.92 Å². The standard InChI is InChI=1S/C10H11NOS/c1-7-10(11-6-12)8-4-2-3-5-9(8)13-7/h2-5H2,1H3. The molecule has 0 saturated carbocycles. The Morgan fingerprint density at radius 2 is 2.15 bits per heavy atom.